The van der Waals surface area contributed by atoms with Crippen LogP contribution in [0.4, 0.5) is 0 Å². The van der Waals surface area contributed by atoms with E-state index in [0.717, 1.165) is 17.9 Å². The van der Waals surface area contributed by atoms with Gasteiger partial charge in [0, 0.05) is 6.04 Å². The van der Waals surface area contributed by atoms with Gasteiger partial charge in [0.25, 0.3) is 0 Å². The van der Waals surface area contributed by atoms with Crippen molar-refractivity contribution < 1.29 is 4.42 Å². The molecule has 0 aliphatic carbocycles. The number of hydrogen-bond donors (Lipinski definition) is 1. The van der Waals surface area contributed by atoms with Crippen LogP contribution >= 0.6 is 11.8 Å². The van der Waals surface area contributed by atoms with Crippen LogP contribution in [0.3, 0.4) is 0 Å². The summed E-state index contributed by atoms with van der Waals surface area (Å²) in [7, 11) is 0. The maximum Gasteiger partial charge on any atom is 0.118 e. The van der Waals surface area contributed by atoms with Crippen LogP contribution in [0.2, 0.25) is 0 Å². The van der Waals surface area contributed by atoms with Gasteiger partial charge in [0.05, 0.1) is 5.25 Å². The SMILES string of the molecule is CCC(N)C(SC)c1ccc(C)o1. The summed E-state index contributed by atoms with van der Waals surface area (Å²) in [5.41, 5.74) is 5.99. The lowest BCUT2D eigenvalue weighted by atomic mass is 10.1. The van der Waals surface area contributed by atoms with E-state index in [0.29, 0.717) is 5.25 Å². The summed E-state index contributed by atoms with van der Waals surface area (Å²) in [6.45, 7) is 4.06. The van der Waals surface area contributed by atoms with Crippen LogP contribution in [-0.4, -0.2) is 12.3 Å². The molecule has 0 fully saturated rings. The predicted octanol–water partition coefficient (Wildman–Crippen LogP) is 2.73. The Morgan fingerprint density at radius 2 is 2.23 bits per heavy atom. The van der Waals surface area contributed by atoms with Crippen molar-refractivity contribution in [3.05, 3.63) is 23.7 Å². The van der Waals surface area contributed by atoms with Crippen LogP contribution in [-0.2, 0) is 0 Å². The summed E-state index contributed by atoms with van der Waals surface area (Å²) in [5.74, 6) is 1.96. The fourth-order valence-electron chi connectivity index (χ4n) is 1.32. The number of furan rings is 1. The molecule has 0 aliphatic heterocycles. The Hall–Kier alpha value is -0.410. The molecule has 0 radical (unpaired) electrons. The molecule has 2 atom stereocenters. The molecular weight excluding hydrogens is 182 g/mol. The minimum absolute atomic E-state index is 0.181. The summed E-state index contributed by atoms with van der Waals surface area (Å²) < 4.78 is 5.56. The second kappa shape index (κ2) is 4.72. The third-order valence-electron chi connectivity index (χ3n) is 2.16. The largest absolute Gasteiger partial charge is 0.465 e. The Balaban J connectivity index is 2.77. The van der Waals surface area contributed by atoms with Gasteiger partial charge in [-0.15, -0.1) is 0 Å². The summed E-state index contributed by atoms with van der Waals surface area (Å²) in [4.78, 5) is 0. The third-order valence-corrected chi connectivity index (χ3v) is 3.25. The Bertz CT molecular complexity index is 259. The molecule has 0 spiro atoms. The number of hydrogen-bond acceptors (Lipinski definition) is 3. The molecule has 1 aromatic heterocycles. The van der Waals surface area contributed by atoms with Gasteiger partial charge in [0.15, 0.2) is 0 Å². The molecule has 1 aromatic rings. The molecule has 2 unspecified atom stereocenters. The molecular formula is C10H17NOS. The zero-order chi connectivity index (χ0) is 9.84. The fourth-order valence-corrected chi connectivity index (χ4v) is 2.22. The highest BCUT2D eigenvalue weighted by molar-refractivity contribution is 7.98. The number of nitrogens with two attached hydrogens (primary N) is 1. The van der Waals surface area contributed by atoms with Crippen LogP contribution in [0, 0.1) is 6.92 Å². The van der Waals surface area contributed by atoms with Gasteiger partial charge in [-0.1, -0.05) is 6.92 Å². The van der Waals surface area contributed by atoms with E-state index in [1.165, 1.54) is 0 Å². The summed E-state index contributed by atoms with van der Waals surface area (Å²) >= 11 is 1.75. The fraction of sp³-hybridized carbons (Fsp3) is 0.600. The summed E-state index contributed by atoms with van der Waals surface area (Å²) in [6.07, 6.45) is 3.04. The van der Waals surface area contributed by atoms with E-state index in [-0.39, 0.29) is 6.04 Å². The lowest BCUT2D eigenvalue weighted by Gasteiger charge is -2.18. The van der Waals surface area contributed by atoms with Gasteiger partial charge in [-0.2, -0.15) is 11.8 Å². The van der Waals surface area contributed by atoms with E-state index in [9.17, 15) is 0 Å². The zero-order valence-corrected chi connectivity index (χ0v) is 9.23. The van der Waals surface area contributed by atoms with Crippen molar-refractivity contribution in [2.24, 2.45) is 5.73 Å². The molecule has 0 aliphatic rings. The van der Waals surface area contributed by atoms with Gasteiger partial charge in [-0.3, -0.25) is 0 Å². The summed E-state index contributed by atoms with van der Waals surface area (Å²) in [5, 5.41) is 0.290. The lowest BCUT2D eigenvalue weighted by Crippen LogP contribution is -2.25. The van der Waals surface area contributed by atoms with Crippen LogP contribution in [0.5, 0.6) is 0 Å². The van der Waals surface area contributed by atoms with Crippen molar-refractivity contribution in [1.29, 1.82) is 0 Å². The number of rotatable bonds is 4. The Morgan fingerprint density at radius 3 is 2.62 bits per heavy atom. The second-order valence-electron chi connectivity index (χ2n) is 3.18. The molecule has 0 amide bonds. The summed E-state index contributed by atoms with van der Waals surface area (Å²) in [6, 6.07) is 4.19. The first-order valence-corrected chi connectivity index (χ1v) is 5.82. The molecule has 13 heavy (non-hydrogen) atoms. The van der Waals surface area contributed by atoms with Gasteiger partial charge < -0.3 is 10.2 Å². The van der Waals surface area contributed by atoms with Crippen molar-refractivity contribution >= 4 is 11.8 Å². The van der Waals surface area contributed by atoms with Crippen molar-refractivity contribution in [1.82, 2.24) is 0 Å². The van der Waals surface area contributed by atoms with Crippen molar-refractivity contribution in [2.75, 3.05) is 6.26 Å². The molecule has 1 rings (SSSR count). The molecule has 2 N–H and O–H groups in total. The third kappa shape index (κ3) is 2.51. The minimum Gasteiger partial charge on any atom is -0.465 e. The van der Waals surface area contributed by atoms with E-state index in [1.54, 1.807) is 11.8 Å². The van der Waals surface area contributed by atoms with Crippen LogP contribution in [0.1, 0.15) is 30.1 Å². The highest BCUT2D eigenvalue weighted by Gasteiger charge is 2.19. The quantitative estimate of drug-likeness (QED) is 0.810. The standard InChI is InChI=1S/C10H17NOS/c1-4-8(11)10(13-3)9-6-5-7(2)12-9/h5-6,8,10H,4,11H2,1-3H3. The molecule has 2 nitrogen and oxygen atoms in total. The normalized spacial score (nSPS) is 15.7. The maximum absolute atomic E-state index is 5.99. The van der Waals surface area contributed by atoms with E-state index < -0.39 is 0 Å². The first-order chi connectivity index (χ1) is 6.19. The molecule has 74 valence electrons. The predicted molar refractivity (Wildman–Crippen MR) is 58.0 cm³/mol. The van der Waals surface area contributed by atoms with Crippen LogP contribution in [0.15, 0.2) is 16.5 Å². The zero-order valence-electron chi connectivity index (χ0n) is 8.41. The van der Waals surface area contributed by atoms with Crippen molar-refractivity contribution in [2.45, 2.75) is 31.6 Å². The Kier molecular flexibility index (Phi) is 3.88. The smallest absolute Gasteiger partial charge is 0.118 e. The van der Waals surface area contributed by atoms with Crippen LogP contribution in [0.25, 0.3) is 0 Å². The maximum atomic E-state index is 5.99. The minimum atomic E-state index is 0.181. The molecule has 1 heterocycles. The number of aryl methyl sites for hydroxylation is 1. The van der Waals surface area contributed by atoms with Gasteiger partial charge in [-0.05, 0) is 31.7 Å². The monoisotopic (exact) mass is 199 g/mol. The average molecular weight is 199 g/mol. The topological polar surface area (TPSA) is 39.2 Å². The lowest BCUT2D eigenvalue weighted by molar-refractivity contribution is 0.455. The highest BCUT2D eigenvalue weighted by Crippen LogP contribution is 2.31. The van der Waals surface area contributed by atoms with E-state index in [4.69, 9.17) is 10.2 Å². The van der Waals surface area contributed by atoms with E-state index in [2.05, 4.69) is 13.2 Å². The van der Waals surface area contributed by atoms with E-state index in [1.807, 2.05) is 19.1 Å². The molecule has 0 aromatic carbocycles. The molecule has 0 saturated heterocycles. The second-order valence-corrected chi connectivity index (χ2v) is 4.16. The Morgan fingerprint density at radius 1 is 1.54 bits per heavy atom. The average Bonchev–Trinajstić information content (AvgIpc) is 2.53. The van der Waals surface area contributed by atoms with Crippen molar-refractivity contribution in [3.63, 3.8) is 0 Å². The number of thioether (sulfide) groups is 1. The first-order valence-electron chi connectivity index (χ1n) is 4.53. The Labute approximate surface area is 83.9 Å². The molecule has 0 bridgehead atoms. The van der Waals surface area contributed by atoms with Crippen LogP contribution < -0.4 is 5.73 Å². The van der Waals surface area contributed by atoms with Gasteiger partial charge >= 0.3 is 0 Å². The van der Waals surface area contributed by atoms with E-state index >= 15 is 0 Å². The van der Waals surface area contributed by atoms with Crippen molar-refractivity contribution in [3.8, 4) is 0 Å². The molecule has 3 heteroatoms. The first kappa shape index (κ1) is 10.7. The van der Waals surface area contributed by atoms with Gasteiger partial charge in [0.1, 0.15) is 11.5 Å². The highest BCUT2D eigenvalue weighted by atomic mass is 32.2. The van der Waals surface area contributed by atoms with Gasteiger partial charge in [0.2, 0.25) is 0 Å². The van der Waals surface area contributed by atoms with Gasteiger partial charge in [-0.25, -0.2) is 0 Å². The molecule has 0 saturated carbocycles.